The fraction of sp³-hybridized carbons (Fsp3) is 0.444. The summed E-state index contributed by atoms with van der Waals surface area (Å²) in [7, 11) is 0. The lowest BCUT2D eigenvalue weighted by Crippen LogP contribution is -2.42. The Balaban J connectivity index is 1.97. The molecule has 0 spiro atoms. The topological polar surface area (TPSA) is 29.9 Å². The molecule has 1 aromatic heterocycles. The number of nitrogens with zero attached hydrogens (tertiary/aromatic N) is 2. The van der Waals surface area contributed by atoms with Gasteiger partial charge < -0.3 is 5.32 Å². The van der Waals surface area contributed by atoms with Crippen molar-refractivity contribution in [1.82, 2.24) is 15.1 Å². The molecule has 64 valence electrons. The maximum absolute atomic E-state index is 4.12. The summed E-state index contributed by atoms with van der Waals surface area (Å²) in [5, 5.41) is 7.38. The first-order chi connectivity index (χ1) is 5.88. The Morgan fingerprint density at radius 2 is 2.58 bits per heavy atom. The smallest absolute Gasteiger partial charge is 0.0526 e. The molecule has 1 fully saturated rings. The number of hydrogen-bond donors (Lipinski definition) is 1. The van der Waals surface area contributed by atoms with Crippen molar-refractivity contribution in [2.24, 2.45) is 5.92 Å². The summed E-state index contributed by atoms with van der Waals surface area (Å²) in [4.78, 5) is 0. The van der Waals surface area contributed by atoms with Crippen LogP contribution in [0.15, 0.2) is 19.0 Å². The summed E-state index contributed by atoms with van der Waals surface area (Å²) in [6.07, 6.45) is 6.80. The van der Waals surface area contributed by atoms with Gasteiger partial charge in [0.2, 0.25) is 0 Å². The molecule has 1 saturated heterocycles. The molecule has 0 aromatic carbocycles. The highest BCUT2D eigenvalue weighted by Crippen LogP contribution is 2.11. The monoisotopic (exact) mass is 163 g/mol. The molecule has 3 nitrogen and oxygen atoms in total. The summed E-state index contributed by atoms with van der Waals surface area (Å²) in [6, 6.07) is 0. The van der Waals surface area contributed by atoms with E-state index in [0.717, 1.165) is 25.4 Å². The minimum atomic E-state index is 0.812. The van der Waals surface area contributed by atoms with Gasteiger partial charge in [-0.1, -0.05) is 6.58 Å². The van der Waals surface area contributed by atoms with E-state index in [1.165, 1.54) is 5.56 Å². The average molecular weight is 163 g/mol. The zero-order valence-corrected chi connectivity index (χ0v) is 7.03. The summed E-state index contributed by atoms with van der Waals surface area (Å²) < 4.78 is 1.75. The Morgan fingerprint density at radius 1 is 1.75 bits per heavy atom. The van der Waals surface area contributed by atoms with Gasteiger partial charge in [-0.25, -0.2) is 4.68 Å². The van der Waals surface area contributed by atoms with Crippen LogP contribution >= 0.6 is 0 Å². The predicted molar refractivity (Wildman–Crippen MR) is 48.7 cm³/mol. The molecule has 2 rings (SSSR count). The number of hydrogen-bond acceptors (Lipinski definition) is 2. The van der Waals surface area contributed by atoms with Crippen LogP contribution in [0.1, 0.15) is 5.56 Å². The summed E-state index contributed by atoms with van der Waals surface area (Å²) in [5.41, 5.74) is 1.31. The highest BCUT2D eigenvalue weighted by Gasteiger charge is 2.17. The van der Waals surface area contributed by atoms with Gasteiger partial charge in [0.25, 0.3) is 0 Å². The van der Waals surface area contributed by atoms with Crippen molar-refractivity contribution in [3.8, 4) is 0 Å². The van der Waals surface area contributed by atoms with Crippen LogP contribution in [-0.2, 0) is 6.42 Å². The van der Waals surface area contributed by atoms with Gasteiger partial charge in [-0.15, -0.1) is 0 Å². The Morgan fingerprint density at radius 3 is 3.08 bits per heavy atom. The van der Waals surface area contributed by atoms with E-state index in [0.29, 0.717) is 0 Å². The van der Waals surface area contributed by atoms with Crippen molar-refractivity contribution in [3.05, 3.63) is 24.5 Å². The lowest BCUT2D eigenvalue weighted by Gasteiger charge is -2.26. The van der Waals surface area contributed by atoms with Crippen molar-refractivity contribution in [2.75, 3.05) is 13.1 Å². The van der Waals surface area contributed by atoms with E-state index in [4.69, 9.17) is 0 Å². The van der Waals surface area contributed by atoms with Gasteiger partial charge >= 0.3 is 0 Å². The van der Waals surface area contributed by atoms with Crippen LogP contribution < -0.4 is 5.32 Å². The van der Waals surface area contributed by atoms with Gasteiger partial charge in [0.15, 0.2) is 0 Å². The fourth-order valence-corrected chi connectivity index (χ4v) is 1.41. The van der Waals surface area contributed by atoms with E-state index in [1.807, 2.05) is 12.4 Å². The van der Waals surface area contributed by atoms with Gasteiger partial charge in [-0.05, 0) is 31.0 Å². The van der Waals surface area contributed by atoms with Crippen molar-refractivity contribution in [3.63, 3.8) is 0 Å². The Bertz CT molecular complexity index is 273. The molecule has 1 N–H and O–H groups in total. The molecular weight excluding hydrogens is 150 g/mol. The third-order valence-electron chi connectivity index (χ3n) is 2.23. The number of nitrogens with one attached hydrogen (secondary N) is 1. The van der Waals surface area contributed by atoms with Crippen LogP contribution in [0.2, 0.25) is 0 Å². The van der Waals surface area contributed by atoms with E-state index in [1.54, 1.807) is 10.9 Å². The lowest BCUT2D eigenvalue weighted by molar-refractivity contribution is 0.346. The second-order valence-corrected chi connectivity index (χ2v) is 3.24. The summed E-state index contributed by atoms with van der Waals surface area (Å²) in [5.74, 6) is 0.812. The minimum absolute atomic E-state index is 0.812. The average Bonchev–Trinajstić information content (AvgIpc) is 2.44. The molecule has 0 saturated carbocycles. The predicted octanol–water partition coefficient (Wildman–Crippen LogP) is 0.745. The Hall–Kier alpha value is -1.09. The SMILES string of the molecule is C=Cn1cc(CC2CNC2)cn1. The largest absolute Gasteiger partial charge is 0.316 e. The third kappa shape index (κ3) is 1.41. The van der Waals surface area contributed by atoms with Crippen LogP contribution in [0.4, 0.5) is 0 Å². The lowest BCUT2D eigenvalue weighted by atomic mass is 9.96. The molecule has 0 aliphatic carbocycles. The summed E-state index contributed by atoms with van der Waals surface area (Å²) >= 11 is 0. The van der Waals surface area contributed by atoms with Gasteiger partial charge in [-0.2, -0.15) is 5.10 Å². The van der Waals surface area contributed by atoms with Gasteiger partial charge in [-0.3, -0.25) is 0 Å². The van der Waals surface area contributed by atoms with E-state index in [2.05, 4.69) is 17.0 Å². The molecule has 2 heterocycles. The van der Waals surface area contributed by atoms with E-state index in [-0.39, 0.29) is 0 Å². The quantitative estimate of drug-likeness (QED) is 0.712. The molecule has 12 heavy (non-hydrogen) atoms. The minimum Gasteiger partial charge on any atom is -0.316 e. The number of aromatic nitrogens is 2. The Labute approximate surface area is 72.1 Å². The van der Waals surface area contributed by atoms with Gasteiger partial charge in [0, 0.05) is 12.4 Å². The zero-order valence-electron chi connectivity index (χ0n) is 7.03. The molecule has 0 bridgehead atoms. The molecular formula is C9H13N3. The normalized spacial score (nSPS) is 17.3. The first-order valence-electron chi connectivity index (χ1n) is 4.25. The standard InChI is InChI=1S/C9H13N3/c1-2-12-7-9(6-11-12)3-8-4-10-5-8/h2,6-8,10H,1,3-5H2. The van der Waals surface area contributed by atoms with Crippen LogP contribution in [0.3, 0.4) is 0 Å². The van der Waals surface area contributed by atoms with Crippen LogP contribution in [0.5, 0.6) is 0 Å². The first-order valence-corrected chi connectivity index (χ1v) is 4.25. The van der Waals surface area contributed by atoms with Gasteiger partial charge in [0.05, 0.1) is 6.20 Å². The molecule has 0 unspecified atom stereocenters. The second kappa shape index (κ2) is 3.11. The van der Waals surface area contributed by atoms with Gasteiger partial charge in [0.1, 0.15) is 0 Å². The molecule has 3 heteroatoms. The molecule has 1 aromatic rings. The van der Waals surface area contributed by atoms with Crippen molar-refractivity contribution in [2.45, 2.75) is 6.42 Å². The molecule has 1 aliphatic rings. The molecule has 1 aliphatic heterocycles. The third-order valence-corrected chi connectivity index (χ3v) is 2.23. The molecule has 0 radical (unpaired) electrons. The molecule has 0 atom stereocenters. The highest BCUT2D eigenvalue weighted by molar-refractivity contribution is 5.18. The maximum Gasteiger partial charge on any atom is 0.0526 e. The van der Waals surface area contributed by atoms with Crippen LogP contribution in [0.25, 0.3) is 6.20 Å². The van der Waals surface area contributed by atoms with Crippen LogP contribution in [0, 0.1) is 5.92 Å². The number of rotatable bonds is 3. The van der Waals surface area contributed by atoms with E-state index in [9.17, 15) is 0 Å². The highest BCUT2D eigenvalue weighted by atomic mass is 15.2. The first kappa shape index (κ1) is 7.55. The molecule has 0 amide bonds. The second-order valence-electron chi connectivity index (χ2n) is 3.24. The van der Waals surface area contributed by atoms with Crippen molar-refractivity contribution in [1.29, 1.82) is 0 Å². The Kier molecular flexibility index (Phi) is 1.96. The van der Waals surface area contributed by atoms with Crippen LogP contribution in [-0.4, -0.2) is 22.9 Å². The maximum atomic E-state index is 4.12. The van der Waals surface area contributed by atoms with Crippen molar-refractivity contribution < 1.29 is 0 Å². The fourth-order valence-electron chi connectivity index (χ4n) is 1.41. The van der Waals surface area contributed by atoms with E-state index >= 15 is 0 Å². The van der Waals surface area contributed by atoms with E-state index < -0.39 is 0 Å². The van der Waals surface area contributed by atoms with Crippen molar-refractivity contribution >= 4 is 6.20 Å². The summed E-state index contributed by atoms with van der Waals surface area (Å²) in [6.45, 7) is 5.95. The zero-order chi connectivity index (χ0) is 8.39.